The van der Waals surface area contributed by atoms with E-state index in [1.807, 2.05) is 0 Å². The Morgan fingerprint density at radius 3 is 2.72 bits per heavy atom. The fraction of sp³-hybridized carbons (Fsp3) is 0.625. The second kappa shape index (κ2) is 5.02. The van der Waals surface area contributed by atoms with Gasteiger partial charge >= 0.3 is 0 Å². The van der Waals surface area contributed by atoms with Crippen molar-refractivity contribution in [2.24, 2.45) is 5.92 Å². The molecule has 2 heteroatoms. The third kappa shape index (κ3) is 2.60. The lowest BCUT2D eigenvalue weighted by Gasteiger charge is -2.39. The van der Waals surface area contributed by atoms with E-state index in [9.17, 15) is 5.11 Å². The molecule has 2 nitrogen and oxygen atoms in total. The maximum absolute atomic E-state index is 11.0. The van der Waals surface area contributed by atoms with Gasteiger partial charge in [-0.05, 0) is 30.9 Å². The molecule has 1 aliphatic heterocycles. The Morgan fingerprint density at radius 2 is 2.06 bits per heavy atom. The van der Waals surface area contributed by atoms with Gasteiger partial charge in [0.1, 0.15) is 0 Å². The molecule has 0 aliphatic carbocycles. The van der Waals surface area contributed by atoms with Crippen molar-refractivity contribution in [3.8, 4) is 0 Å². The van der Waals surface area contributed by atoms with Gasteiger partial charge in [-0.1, -0.05) is 37.6 Å². The molecule has 1 saturated heterocycles. The van der Waals surface area contributed by atoms with Crippen LogP contribution < -0.4 is 0 Å². The highest BCUT2D eigenvalue weighted by Gasteiger charge is 2.38. The Labute approximate surface area is 110 Å². The quantitative estimate of drug-likeness (QED) is 0.870. The van der Waals surface area contributed by atoms with Crippen LogP contribution in [0.2, 0.25) is 0 Å². The normalized spacial score (nSPS) is 28.7. The molecule has 0 amide bonds. The standard InChI is InChI=1S/C16H24O2/c1-11(2)15-10-16(17,7-8-18-15)14-9-12(3)5-6-13(14)4/h5-6,9,11,15,17H,7-8,10H2,1-4H3. The molecular weight excluding hydrogens is 224 g/mol. The average Bonchev–Trinajstić information content (AvgIpc) is 2.32. The van der Waals surface area contributed by atoms with Gasteiger partial charge in [0.2, 0.25) is 0 Å². The highest BCUT2D eigenvalue weighted by Crippen LogP contribution is 2.38. The minimum atomic E-state index is -0.719. The second-order valence-electron chi connectivity index (χ2n) is 5.96. The molecule has 0 aromatic heterocycles. The van der Waals surface area contributed by atoms with Crippen LogP contribution in [0.5, 0.6) is 0 Å². The molecule has 18 heavy (non-hydrogen) atoms. The monoisotopic (exact) mass is 248 g/mol. The SMILES string of the molecule is Cc1ccc(C)c(C2(O)CCOC(C(C)C)C2)c1. The molecule has 2 unspecified atom stereocenters. The highest BCUT2D eigenvalue weighted by atomic mass is 16.5. The smallest absolute Gasteiger partial charge is 0.0945 e. The van der Waals surface area contributed by atoms with Gasteiger partial charge in [-0.3, -0.25) is 0 Å². The molecule has 2 rings (SSSR count). The summed E-state index contributed by atoms with van der Waals surface area (Å²) in [5.41, 5.74) is 2.74. The molecule has 100 valence electrons. The Kier molecular flexibility index (Phi) is 3.79. The molecule has 1 aromatic rings. The van der Waals surface area contributed by atoms with Crippen molar-refractivity contribution >= 4 is 0 Å². The first kappa shape index (κ1) is 13.6. The Bertz CT molecular complexity index is 425. The average molecular weight is 248 g/mol. The fourth-order valence-corrected chi connectivity index (χ4v) is 2.78. The van der Waals surface area contributed by atoms with Gasteiger partial charge in [-0.15, -0.1) is 0 Å². The van der Waals surface area contributed by atoms with Crippen molar-refractivity contribution < 1.29 is 9.84 Å². The fourth-order valence-electron chi connectivity index (χ4n) is 2.78. The van der Waals surface area contributed by atoms with E-state index in [2.05, 4.69) is 45.9 Å². The summed E-state index contributed by atoms with van der Waals surface area (Å²) < 4.78 is 5.77. The van der Waals surface area contributed by atoms with Gasteiger partial charge in [-0.25, -0.2) is 0 Å². The first-order chi connectivity index (χ1) is 8.42. The van der Waals surface area contributed by atoms with Crippen LogP contribution >= 0.6 is 0 Å². The molecule has 1 heterocycles. The molecule has 0 saturated carbocycles. The Morgan fingerprint density at radius 1 is 1.33 bits per heavy atom. The first-order valence-corrected chi connectivity index (χ1v) is 6.84. The van der Waals surface area contributed by atoms with Crippen LogP contribution in [-0.4, -0.2) is 17.8 Å². The minimum Gasteiger partial charge on any atom is -0.385 e. The van der Waals surface area contributed by atoms with Gasteiger partial charge in [0.15, 0.2) is 0 Å². The maximum Gasteiger partial charge on any atom is 0.0945 e. The second-order valence-corrected chi connectivity index (χ2v) is 5.96. The van der Waals surface area contributed by atoms with Gasteiger partial charge < -0.3 is 9.84 Å². The first-order valence-electron chi connectivity index (χ1n) is 6.84. The van der Waals surface area contributed by atoms with Crippen molar-refractivity contribution in [2.45, 2.75) is 52.2 Å². The molecule has 1 aromatic carbocycles. The molecule has 0 bridgehead atoms. The van der Waals surface area contributed by atoms with Crippen molar-refractivity contribution in [1.29, 1.82) is 0 Å². The Hall–Kier alpha value is -0.860. The summed E-state index contributed by atoms with van der Waals surface area (Å²) >= 11 is 0. The van der Waals surface area contributed by atoms with Crippen LogP contribution in [0.1, 0.15) is 43.4 Å². The van der Waals surface area contributed by atoms with E-state index in [-0.39, 0.29) is 6.10 Å². The topological polar surface area (TPSA) is 29.5 Å². The van der Waals surface area contributed by atoms with Crippen LogP contribution in [0.4, 0.5) is 0 Å². The van der Waals surface area contributed by atoms with E-state index in [1.54, 1.807) is 0 Å². The summed E-state index contributed by atoms with van der Waals surface area (Å²) in [5.74, 6) is 0.446. The number of rotatable bonds is 2. The molecular formula is C16H24O2. The van der Waals surface area contributed by atoms with Crippen LogP contribution in [0.3, 0.4) is 0 Å². The zero-order valence-electron chi connectivity index (χ0n) is 11.9. The molecule has 0 spiro atoms. The lowest BCUT2D eigenvalue weighted by molar-refractivity contribution is -0.121. The minimum absolute atomic E-state index is 0.156. The number of hydrogen-bond donors (Lipinski definition) is 1. The largest absolute Gasteiger partial charge is 0.385 e. The van der Waals surface area contributed by atoms with E-state index in [0.717, 1.165) is 5.56 Å². The van der Waals surface area contributed by atoms with E-state index in [1.165, 1.54) is 11.1 Å². The molecule has 0 radical (unpaired) electrons. The van der Waals surface area contributed by atoms with E-state index in [0.29, 0.717) is 25.4 Å². The van der Waals surface area contributed by atoms with Crippen molar-refractivity contribution in [2.75, 3.05) is 6.61 Å². The van der Waals surface area contributed by atoms with E-state index >= 15 is 0 Å². The van der Waals surface area contributed by atoms with Gasteiger partial charge in [0.25, 0.3) is 0 Å². The predicted octanol–water partition coefficient (Wildman–Crippen LogP) is 3.33. The molecule has 1 aliphatic rings. The van der Waals surface area contributed by atoms with Crippen molar-refractivity contribution in [3.63, 3.8) is 0 Å². The Balaban J connectivity index is 2.32. The number of aryl methyl sites for hydroxylation is 2. The molecule has 1 fully saturated rings. The summed E-state index contributed by atoms with van der Waals surface area (Å²) in [5, 5.41) is 11.0. The summed E-state index contributed by atoms with van der Waals surface area (Å²) in [7, 11) is 0. The number of aliphatic hydroxyl groups is 1. The summed E-state index contributed by atoms with van der Waals surface area (Å²) in [6, 6.07) is 6.32. The van der Waals surface area contributed by atoms with Crippen LogP contribution in [-0.2, 0) is 10.3 Å². The number of hydrogen-bond acceptors (Lipinski definition) is 2. The van der Waals surface area contributed by atoms with Gasteiger partial charge in [0, 0.05) is 12.8 Å². The predicted molar refractivity (Wildman–Crippen MR) is 73.6 cm³/mol. The lowest BCUT2D eigenvalue weighted by Crippen LogP contribution is -2.41. The third-order valence-corrected chi connectivity index (χ3v) is 4.02. The summed E-state index contributed by atoms with van der Waals surface area (Å²) in [4.78, 5) is 0. The molecule has 1 N–H and O–H groups in total. The summed E-state index contributed by atoms with van der Waals surface area (Å²) in [6.07, 6.45) is 1.55. The van der Waals surface area contributed by atoms with Crippen LogP contribution in [0.25, 0.3) is 0 Å². The summed E-state index contributed by atoms with van der Waals surface area (Å²) in [6.45, 7) is 9.10. The zero-order valence-corrected chi connectivity index (χ0v) is 11.9. The van der Waals surface area contributed by atoms with Crippen LogP contribution in [0.15, 0.2) is 18.2 Å². The van der Waals surface area contributed by atoms with Crippen molar-refractivity contribution in [1.82, 2.24) is 0 Å². The highest BCUT2D eigenvalue weighted by molar-refractivity contribution is 5.35. The van der Waals surface area contributed by atoms with Gasteiger partial charge in [-0.2, -0.15) is 0 Å². The van der Waals surface area contributed by atoms with Crippen LogP contribution in [0, 0.1) is 19.8 Å². The van der Waals surface area contributed by atoms with Crippen molar-refractivity contribution in [3.05, 3.63) is 34.9 Å². The number of ether oxygens (including phenoxy) is 1. The molecule has 2 atom stereocenters. The maximum atomic E-state index is 11.0. The van der Waals surface area contributed by atoms with E-state index in [4.69, 9.17) is 4.74 Å². The van der Waals surface area contributed by atoms with E-state index < -0.39 is 5.60 Å². The number of benzene rings is 1. The third-order valence-electron chi connectivity index (χ3n) is 4.02. The van der Waals surface area contributed by atoms with Gasteiger partial charge in [0.05, 0.1) is 18.3 Å². The zero-order chi connectivity index (χ0) is 13.3. The lowest BCUT2D eigenvalue weighted by atomic mass is 9.79.